The molecule has 0 aliphatic heterocycles. The highest BCUT2D eigenvalue weighted by Crippen LogP contribution is 2.38. The molecule has 0 aromatic carbocycles. The molecule has 1 aliphatic carbocycles. The Balaban J connectivity index is 2.44. The van der Waals surface area contributed by atoms with Crippen LogP contribution in [0.4, 0.5) is 0 Å². The van der Waals surface area contributed by atoms with E-state index in [1.54, 1.807) is 6.08 Å². The van der Waals surface area contributed by atoms with Gasteiger partial charge in [-0.05, 0) is 32.3 Å². The third kappa shape index (κ3) is 1.69. The van der Waals surface area contributed by atoms with Gasteiger partial charge >= 0.3 is 0 Å². The number of rotatable bonds is 2. The van der Waals surface area contributed by atoms with Gasteiger partial charge in [0, 0.05) is 5.92 Å². The zero-order valence-electron chi connectivity index (χ0n) is 6.85. The molecular weight excluding hydrogens is 124 g/mol. The van der Waals surface area contributed by atoms with Gasteiger partial charge in [0.25, 0.3) is 0 Å². The molecule has 0 saturated heterocycles. The summed E-state index contributed by atoms with van der Waals surface area (Å²) >= 11 is 0. The SMILES string of the molecule is CC(C)=CC(=O)C1CC1C. The maximum Gasteiger partial charge on any atom is 0.158 e. The van der Waals surface area contributed by atoms with Crippen molar-refractivity contribution in [2.75, 3.05) is 0 Å². The smallest absolute Gasteiger partial charge is 0.158 e. The standard InChI is InChI=1S/C9H14O/c1-6(2)4-9(10)8-5-7(8)3/h4,7-8H,5H2,1-3H3. The van der Waals surface area contributed by atoms with Crippen molar-refractivity contribution in [1.82, 2.24) is 0 Å². The van der Waals surface area contributed by atoms with E-state index in [9.17, 15) is 4.79 Å². The van der Waals surface area contributed by atoms with E-state index in [0.717, 1.165) is 12.0 Å². The summed E-state index contributed by atoms with van der Waals surface area (Å²) in [5, 5.41) is 0. The van der Waals surface area contributed by atoms with Crippen LogP contribution in [0.2, 0.25) is 0 Å². The lowest BCUT2D eigenvalue weighted by Crippen LogP contribution is -1.96. The molecule has 1 saturated carbocycles. The minimum Gasteiger partial charge on any atom is -0.295 e. The van der Waals surface area contributed by atoms with E-state index in [1.165, 1.54) is 0 Å². The van der Waals surface area contributed by atoms with Gasteiger partial charge in [-0.15, -0.1) is 0 Å². The summed E-state index contributed by atoms with van der Waals surface area (Å²) in [6, 6.07) is 0. The molecule has 1 fully saturated rings. The average molecular weight is 138 g/mol. The summed E-state index contributed by atoms with van der Waals surface area (Å²) in [6.07, 6.45) is 2.86. The van der Waals surface area contributed by atoms with E-state index in [0.29, 0.717) is 17.6 Å². The first-order valence-corrected chi connectivity index (χ1v) is 3.80. The molecule has 56 valence electrons. The molecular formula is C9H14O. The molecule has 2 atom stereocenters. The maximum absolute atomic E-state index is 11.1. The lowest BCUT2D eigenvalue weighted by molar-refractivity contribution is -0.116. The highest BCUT2D eigenvalue weighted by molar-refractivity contribution is 5.94. The largest absolute Gasteiger partial charge is 0.295 e. The van der Waals surface area contributed by atoms with Crippen LogP contribution in [-0.4, -0.2) is 5.78 Å². The van der Waals surface area contributed by atoms with E-state index in [1.807, 2.05) is 13.8 Å². The predicted octanol–water partition coefficient (Wildman–Crippen LogP) is 2.18. The summed E-state index contributed by atoms with van der Waals surface area (Å²) in [4.78, 5) is 11.1. The Kier molecular flexibility index (Phi) is 1.93. The van der Waals surface area contributed by atoms with Crippen LogP contribution in [0.3, 0.4) is 0 Å². The fraction of sp³-hybridized carbons (Fsp3) is 0.667. The summed E-state index contributed by atoms with van der Waals surface area (Å²) in [7, 11) is 0. The van der Waals surface area contributed by atoms with Gasteiger partial charge in [-0.3, -0.25) is 4.79 Å². The lowest BCUT2D eigenvalue weighted by Gasteiger charge is -1.89. The molecule has 1 aliphatic rings. The Hall–Kier alpha value is -0.590. The van der Waals surface area contributed by atoms with Gasteiger partial charge in [0.05, 0.1) is 0 Å². The van der Waals surface area contributed by atoms with Crippen molar-refractivity contribution in [3.63, 3.8) is 0 Å². The molecule has 2 unspecified atom stereocenters. The normalized spacial score (nSPS) is 29.5. The molecule has 0 bridgehead atoms. The van der Waals surface area contributed by atoms with Gasteiger partial charge in [0.2, 0.25) is 0 Å². The summed E-state index contributed by atoms with van der Waals surface area (Å²) in [5.74, 6) is 1.32. The number of ketones is 1. The topological polar surface area (TPSA) is 17.1 Å². The quantitative estimate of drug-likeness (QED) is 0.534. The van der Waals surface area contributed by atoms with Crippen LogP contribution >= 0.6 is 0 Å². The molecule has 10 heavy (non-hydrogen) atoms. The summed E-state index contributed by atoms with van der Waals surface area (Å²) in [5.41, 5.74) is 1.11. The van der Waals surface area contributed by atoms with E-state index in [4.69, 9.17) is 0 Å². The van der Waals surface area contributed by atoms with Gasteiger partial charge < -0.3 is 0 Å². The second-order valence-electron chi connectivity index (χ2n) is 3.44. The first-order valence-electron chi connectivity index (χ1n) is 3.80. The number of carbonyl (C=O) groups excluding carboxylic acids is 1. The molecule has 0 aromatic heterocycles. The van der Waals surface area contributed by atoms with Crippen LogP contribution in [0.25, 0.3) is 0 Å². The highest BCUT2D eigenvalue weighted by Gasteiger charge is 2.37. The van der Waals surface area contributed by atoms with Crippen LogP contribution in [0.15, 0.2) is 11.6 Å². The van der Waals surface area contributed by atoms with Gasteiger partial charge in [-0.1, -0.05) is 12.5 Å². The maximum atomic E-state index is 11.1. The molecule has 0 aromatic rings. The molecule has 1 heteroatoms. The van der Waals surface area contributed by atoms with Crippen LogP contribution in [-0.2, 0) is 4.79 Å². The Morgan fingerprint density at radius 2 is 2.00 bits per heavy atom. The van der Waals surface area contributed by atoms with Gasteiger partial charge in [0.1, 0.15) is 0 Å². The third-order valence-electron chi connectivity index (χ3n) is 1.91. The van der Waals surface area contributed by atoms with E-state index in [-0.39, 0.29) is 0 Å². The molecule has 0 amide bonds. The van der Waals surface area contributed by atoms with E-state index < -0.39 is 0 Å². The number of hydrogen-bond donors (Lipinski definition) is 0. The number of hydrogen-bond acceptors (Lipinski definition) is 1. The van der Waals surface area contributed by atoms with Crippen LogP contribution in [0.1, 0.15) is 27.2 Å². The molecule has 0 heterocycles. The first-order chi connectivity index (χ1) is 4.61. The van der Waals surface area contributed by atoms with Gasteiger partial charge in [-0.25, -0.2) is 0 Å². The highest BCUT2D eigenvalue weighted by atomic mass is 16.1. The third-order valence-corrected chi connectivity index (χ3v) is 1.91. The minimum absolute atomic E-state index is 0.326. The second kappa shape index (κ2) is 2.57. The molecule has 0 N–H and O–H groups in total. The van der Waals surface area contributed by atoms with Crippen molar-refractivity contribution in [3.8, 4) is 0 Å². The first kappa shape index (κ1) is 7.52. The van der Waals surface area contributed by atoms with Crippen LogP contribution < -0.4 is 0 Å². The molecule has 0 spiro atoms. The summed E-state index contributed by atoms with van der Waals surface area (Å²) < 4.78 is 0. The molecule has 1 rings (SSSR count). The fourth-order valence-electron chi connectivity index (χ4n) is 1.11. The Labute approximate surface area is 62.1 Å². The van der Waals surface area contributed by atoms with Crippen molar-refractivity contribution in [2.45, 2.75) is 27.2 Å². The predicted molar refractivity (Wildman–Crippen MR) is 41.7 cm³/mol. The van der Waals surface area contributed by atoms with Crippen molar-refractivity contribution in [1.29, 1.82) is 0 Å². The minimum atomic E-state index is 0.326. The monoisotopic (exact) mass is 138 g/mol. The fourth-order valence-corrected chi connectivity index (χ4v) is 1.11. The zero-order valence-corrected chi connectivity index (χ0v) is 6.85. The molecule has 1 nitrogen and oxygen atoms in total. The number of allylic oxidation sites excluding steroid dienone is 2. The second-order valence-corrected chi connectivity index (χ2v) is 3.44. The van der Waals surface area contributed by atoms with Crippen molar-refractivity contribution in [3.05, 3.63) is 11.6 Å². The van der Waals surface area contributed by atoms with Crippen LogP contribution in [0.5, 0.6) is 0 Å². The van der Waals surface area contributed by atoms with E-state index in [2.05, 4.69) is 6.92 Å². The van der Waals surface area contributed by atoms with E-state index >= 15 is 0 Å². The Morgan fingerprint density at radius 1 is 1.50 bits per heavy atom. The van der Waals surface area contributed by atoms with Crippen molar-refractivity contribution >= 4 is 5.78 Å². The van der Waals surface area contributed by atoms with Crippen molar-refractivity contribution in [2.24, 2.45) is 11.8 Å². The van der Waals surface area contributed by atoms with Crippen molar-refractivity contribution < 1.29 is 4.79 Å². The summed E-state index contributed by atoms with van der Waals surface area (Å²) in [6.45, 7) is 6.05. The Bertz CT molecular complexity index is 175. The van der Waals surface area contributed by atoms with Crippen LogP contribution in [0, 0.1) is 11.8 Å². The number of carbonyl (C=O) groups is 1. The molecule has 0 radical (unpaired) electrons. The van der Waals surface area contributed by atoms with Gasteiger partial charge in [0.15, 0.2) is 5.78 Å². The average Bonchev–Trinajstić information content (AvgIpc) is 2.44. The lowest BCUT2D eigenvalue weighted by atomic mass is 10.2. The Morgan fingerprint density at radius 3 is 2.30 bits per heavy atom. The van der Waals surface area contributed by atoms with Gasteiger partial charge in [-0.2, -0.15) is 0 Å². The zero-order chi connectivity index (χ0) is 7.72.